The van der Waals surface area contributed by atoms with Crippen LogP contribution >= 0.6 is 11.8 Å². The van der Waals surface area contributed by atoms with E-state index in [4.69, 9.17) is 5.73 Å². The van der Waals surface area contributed by atoms with E-state index in [1.165, 1.54) is 18.0 Å². The van der Waals surface area contributed by atoms with Crippen LogP contribution in [0.15, 0.2) is 53.7 Å². The predicted molar refractivity (Wildman–Crippen MR) is 98.3 cm³/mol. The van der Waals surface area contributed by atoms with Crippen molar-refractivity contribution in [1.82, 2.24) is 15.0 Å². The number of aryl methyl sites for hydroxylation is 1. The van der Waals surface area contributed by atoms with E-state index in [0.717, 1.165) is 22.4 Å². The highest BCUT2D eigenvalue weighted by atomic mass is 32.2. The molecule has 0 fully saturated rings. The number of para-hydroxylation sites is 1. The topological polar surface area (TPSA) is 104 Å². The van der Waals surface area contributed by atoms with Crippen LogP contribution in [0.25, 0.3) is 0 Å². The molecule has 3 N–H and O–H groups in total. The van der Waals surface area contributed by atoms with E-state index >= 15 is 0 Å². The molecule has 2 aromatic heterocycles. The molecule has 0 saturated heterocycles. The van der Waals surface area contributed by atoms with Crippen LogP contribution in [0.4, 0.5) is 17.6 Å². The Morgan fingerprint density at radius 1 is 1.12 bits per heavy atom. The number of rotatable bonds is 6. The highest BCUT2D eigenvalue weighted by Gasteiger charge is 2.10. The first-order valence-corrected chi connectivity index (χ1v) is 8.80. The van der Waals surface area contributed by atoms with Crippen LogP contribution in [0, 0.1) is 5.21 Å². The van der Waals surface area contributed by atoms with Crippen molar-refractivity contribution in [3.8, 4) is 0 Å². The number of hydrogen-bond acceptors (Lipinski definition) is 7. The maximum atomic E-state index is 11.7. The third-order valence-corrected chi connectivity index (χ3v) is 4.50. The largest absolute Gasteiger partial charge is 0.618 e. The number of benzene rings is 1. The van der Waals surface area contributed by atoms with E-state index in [9.17, 15) is 5.21 Å². The second-order valence-electron chi connectivity index (χ2n) is 5.22. The molecule has 25 heavy (non-hydrogen) atoms. The molecule has 0 atom stereocenters. The molecule has 8 heteroatoms. The summed E-state index contributed by atoms with van der Waals surface area (Å²) >= 11 is 1.35. The third-order valence-electron chi connectivity index (χ3n) is 3.48. The molecular formula is C17H18N6OS. The van der Waals surface area contributed by atoms with Crippen molar-refractivity contribution in [1.29, 1.82) is 0 Å². The fourth-order valence-electron chi connectivity index (χ4n) is 2.29. The number of nitrogens with one attached hydrogen (secondary N) is 1. The molecular weight excluding hydrogens is 336 g/mol. The molecule has 0 aliphatic heterocycles. The van der Waals surface area contributed by atoms with Gasteiger partial charge in [-0.3, -0.25) is 0 Å². The lowest BCUT2D eigenvalue weighted by Crippen LogP contribution is -2.27. The Labute approximate surface area is 149 Å². The molecule has 1 aromatic carbocycles. The Morgan fingerprint density at radius 2 is 1.92 bits per heavy atom. The maximum Gasteiger partial charge on any atom is 0.251 e. The second kappa shape index (κ2) is 7.80. The number of aromatic nitrogens is 4. The van der Waals surface area contributed by atoms with Crippen LogP contribution in [0.3, 0.4) is 0 Å². The maximum absolute atomic E-state index is 11.7. The summed E-state index contributed by atoms with van der Waals surface area (Å²) in [7, 11) is 0. The van der Waals surface area contributed by atoms with Crippen LogP contribution < -0.4 is 15.8 Å². The third kappa shape index (κ3) is 4.36. The minimum Gasteiger partial charge on any atom is -0.618 e. The lowest BCUT2D eigenvalue weighted by molar-refractivity contribution is -0.645. The van der Waals surface area contributed by atoms with Crippen LogP contribution in [-0.4, -0.2) is 15.0 Å². The SMILES string of the molecule is CCc1ccccc1Nc1nc(N)nc(CSc2cccc[n+]2[O-])n1. The Hall–Kier alpha value is -2.87. The molecule has 0 spiro atoms. The van der Waals surface area contributed by atoms with E-state index in [1.807, 2.05) is 30.3 Å². The number of anilines is 3. The first-order valence-electron chi connectivity index (χ1n) is 7.82. The minimum atomic E-state index is 0.144. The van der Waals surface area contributed by atoms with Gasteiger partial charge in [0.15, 0.2) is 6.20 Å². The molecule has 0 unspecified atom stereocenters. The molecule has 0 amide bonds. The van der Waals surface area contributed by atoms with Gasteiger partial charge in [-0.25, -0.2) is 0 Å². The summed E-state index contributed by atoms with van der Waals surface area (Å²) in [5.74, 6) is 1.47. The number of hydrogen-bond donors (Lipinski definition) is 2. The minimum absolute atomic E-state index is 0.144. The summed E-state index contributed by atoms with van der Waals surface area (Å²) in [5, 5.41) is 15.5. The summed E-state index contributed by atoms with van der Waals surface area (Å²) < 4.78 is 0.811. The highest BCUT2D eigenvalue weighted by molar-refractivity contribution is 7.98. The van der Waals surface area contributed by atoms with Gasteiger partial charge in [0.2, 0.25) is 11.9 Å². The van der Waals surface area contributed by atoms with Gasteiger partial charge < -0.3 is 16.3 Å². The quantitative estimate of drug-likeness (QED) is 0.398. The fourth-order valence-corrected chi connectivity index (χ4v) is 3.06. The van der Waals surface area contributed by atoms with Gasteiger partial charge >= 0.3 is 0 Å². The Bertz CT molecular complexity index is 873. The number of pyridine rings is 1. The molecule has 0 radical (unpaired) electrons. The fraction of sp³-hybridized carbons (Fsp3) is 0.176. The van der Waals surface area contributed by atoms with Crippen molar-refractivity contribution in [3.63, 3.8) is 0 Å². The van der Waals surface area contributed by atoms with E-state index in [1.54, 1.807) is 12.1 Å². The van der Waals surface area contributed by atoms with Gasteiger partial charge in [0.1, 0.15) is 5.82 Å². The molecule has 128 valence electrons. The van der Waals surface area contributed by atoms with E-state index in [2.05, 4.69) is 27.2 Å². The average molecular weight is 354 g/mol. The summed E-state index contributed by atoms with van der Waals surface area (Å²) in [6.45, 7) is 2.09. The van der Waals surface area contributed by atoms with Gasteiger partial charge in [0, 0.05) is 17.8 Å². The summed E-state index contributed by atoms with van der Waals surface area (Å²) in [6, 6.07) is 13.2. The van der Waals surface area contributed by atoms with Crippen molar-refractivity contribution in [2.45, 2.75) is 24.1 Å². The Balaban J connectivity index is 1.77. The zero-order valence-electron chi connectivity index (χ0n) is 13.7. The van der Waals surface area contributed by atoms with Gasteiger partial charge in [-0.1, -0.05) is 25.1 Å². The molecule has 2 heterocycles. The highest BCUT2D eigenvalue weighted by Crippen LogP contribution is 2.21. The molecule has 0 bridgehead atoms. The molecule has 7 nitrogen and oxygen atoms in total. The monoisotopic (exact) mass is 354 g/mol. The zero-order valence-corrected chi connectivity index (χ0v) is 14.5. The number of nitrogens with two attached hydrogens (primary N) is 1. The molecule has 3 aromatic rings. The van der Waals surface area contributed by atoms with E-state index in [-0.39, 0.29) is 5.95 Å². The van der Waals surface area contributed by atoms with Gasteiger partial charge in [-0.2, -0.15) is 19.7 Å². The van der Waals surface area contributed by atoms with Gasteiger partial charge in [0.05, 0.1) is 5.75 Å². The predicted octanol–water partition coefficient (Wildman–Crippen LogP) is 2.69. The lowest BCUT2D eigenvalue weighted by Gasteiger charge is -2.10. The first-order chi connectivity index (χ1) is 12.2. The van der Waals surface area contributed by atoms with Crippen molar-refractivity contribution in [2.75, 3.05) is 11.1 Å². The van der Waals surface area contributed by atoms with Crippen LogP contribution in [0.5, 0.6) is 0 Å². The molecule has 0 aliphatic carbocycles. The van der Waals surface area contributed by atoms with Crippen molar-refractivity contribution in [3.05, 3.63) is 65.3 Å². The lowest BCUT2D eigenvalue weighted by atomic mass is 10.1. The normalized spacial score (nSPS) is 10.6. The number of nitrogens with zero attached hydrogens (tertiary/aromatic N) is 4. The van der Waals surface area contributed by atoms with Crippen LogP contribution in [0.2, 0.25) is 0 Å². The number of thioether (sulfide) groups is 1. The molecule has 3 rings (SSSR count). The van der Waals surface area contributed by atoms with Crippen LogP contribution in [0.1, 0.15) is 18.3 Å². The number of nitrogen functional groups attached to an aromatic ring is 1. The first kappa shape index (κ1) is 17.0. The average Bonchev–Trinajstić information content (AvgIpc) is 2.61. The van der Waals surface area contributed by atoms with Crippen molar-refractivity contribution in [2.24, 2.45) is 0 Å². The summed E-state index contributed by atoms with van der Waals surface area (Å²) in [4.78, 5) is 12.7. The Morgan fingerprint density at radius 3 is 2.72 bits per heavy atom. The zero-order chi connectivity index (χ0) is 17.6. The second-order valence-corrected chi connectivity index (χ2v) is 6.22. The van der Waals surface area contributed by atoms with Crippen molar-refractivity contribution < 1.29 is 4.73 Å². The smallest absolute Gasteiger partial charge is 0.251 e. The molecule has 0 saturated carbocycles. The van der Waals surface area contributed by atoms with Gasteiger partial charge in [0.25, 0.3) is 5.03 Å². The summed E-state index contributed by atoms with van der Waals surface area (Å²) in [5.41, 5.74) is 7.90. The van der Waals surface area contributed by atoms with E-state index in [0.29, 0.717) is 22.6 Å². The van der Waals surface area contributed by atoms with Crippen LogP contribution in [-0.2, 0) is 12.2 Å². The standard InChI is InChI=1S/C17H18N6OS/c1-2-12-7-3-4-8-13(12)19-17-21-14(20-16(18)22-17)11-25-15-9-5-6-10-23(15)24/h3-10H,2,11H2,1H3,(H3,18,19,20,21,22). The molecule has 0 aliphatic rings. The van der Waals surface area contributed by atoms with Gasteiger partial charge in [-0.15, -0.1) is 0 Å². The van der Waals surface area contributed by atoms with Gasteiger partial charge in [-0.05, 0) is 35.9 Å². The summed E-state index contributed by atoms with van der Waals surface area (Å²) in [6.07, 6.45) is 2.35. The Kier molecular flexibility index (Phi) is 5.30. The van der Waals surface area contributed by atoms with E-state index < -0.39 is 0 Å². The van der Waals surface area contributed by atoms with Crippen molar-refractivity contribution >= 4 is 29.3 Å².